The second kappa shape index (κ2) is 8.89. The minimum absolute atomic E-state index is 0.195. The maximum Gasteiger partial charge on any atom is 0.239 e. The number of hydrogen-bond donors (Lipinski definition) is 2. The summed E-state index contributed by atoms with van der Waals surface area (Å²) >= 11 is 0. The zero-order chi connectivity index (χ0) is 17.5. The van der Waals surface area contributed by atoms with Crippen molar-refractivity contribution in [2.45, 2.75) is 39.2 Å². The molecule has 0 saturated carbocycles. The van der Waals surface area contributed by atoms with Crippen LogP contribution in [0, 0.1) is 5.92 Å². The molecule has 1 aromatic rings. The van der Waals surface area contributed by atoms with E-state index in [9.17, 15) is 4.79 Å². The Bertz CT molecular complexity index is 484. The van der Waals surface area contributed by atoms with Crippen LogP contribution < -0.4 is 15.8 Å². The molecule has 0 saturated heterocycles. The van der Waals surface area contributed by atoms with Crippen LogP contribution in [0.25, 0.3) is 0 Å². The normalized spacial score (nSPS) is 13.0. The lowest BCUT2D eigenvalue weighted by molar-refractivity contribution is -0.123. The van der Waals surface area contributed by atoms with Crippen molar-refractivity contribution in [3.05, 3.63) is 29.8 Å². The van der Waals surface area contributed by atoms with E-state index < -0.39 is 6.04 Å². The Balaban J connectivity index is 2.60. The molecule has 0 bridgehead atoms. The summed E-state index contributed by atoms with van der Waals surface area (Å²) in [5.74, 6) is 1.17. The Morgan fingerprint density at radius 1 is 1.22 bits per heavy atom. The Kier molecular flexibility index (Phi) is 7.52. The van der Waals surface area contributed by atoms with Gasteiger partial charge in [0, 0.05) is 19.1 Å². The van der Waals surface area contributed by atoms with Gasteiger partial charge in [-0.3, -0.25) is 4.79 Å². The molecule has 1 amide bonds. The number of carbonyl (C=O) groups is 1. The molecule has 0 aliphatic rings. The number of nitrogens with one attached hydrogen (secondary N) is 1. The SMILES string of the molecule is COCC(N)C(=O)NCC(C)(C)c1ccc(OCC(C)C)cc1. The summed E-state index contributed by atoms with van der Waals surface area (Å²) in [6.45, 7) is 9.83. The molecule has 23 heavy (non-hydrogen) atoms. The van der Waals surface area contributed by atoms with Crippen LogP contribution in [0.2, 0.25) is 0 Å². The molecule has 3 N–H and O–H groups in total. The van der Waals surface area contributed by atoms with Gasteiger partial charge in [0.05, 0.1) is 13.2 Å². The van der Waals surface area contributed by atoms with Gasteiger partial charge in [-0.15, -0.1) is 0 Å². The van der Waals surface area contributed by atoms with Gasteiger partial charge in [0.2, 0.25) is 5.91 Å². The minimum Gasteiger partial charge on any atom is -0.493 e. The monoisotopic (exact) mass is 322 g/mol. The summed E-state index contributed by atoms with van der Waals surface area (Å²) in [5.41, 5.74) is 6.66. The van der Waals surface area contributed by atoms with E-state index >= 15 is 0 Å². The van der Waals surface area contributed by atoms with Crippen LogP contribution >= 0.6 is 0 Å². The van der Waals surface area contributed by atoms with E-state index in [2.05, 4.69) is 33.0 Å². The van der Waals surface area contributed by atoms with Crippen molar-refractivity contribution in [3.63, 3.8) is 0 Å². The molecule has 130 valence electrons. The molecule has 1 aromatic carbocycles. The zero-order valence-electron chi connectivity index (χ0n) is 14.9. The van der Waals surface area contributed by atoms with Crippen LogP contribution in [-0.2, 0) is 14.9 Å². The van der Waals surface area contributed by atoms with Crippen LogP contribution in [0.3, 0.4) is 0 Å². The molecule has 0 spiro atoms. The zero-order valence-corrected chi connectivity index (χ0v) is 14.9. The molecule has 1 rings (SSSR count). The molecule has 0 radical (unpaired) electrons. The number of hydrogen-bond acceptors (Lipinski definition) is 4. The van der Waals surface area contributed by atoms with E-state index in [0.29, 0.717) is 19.1 Å². The standard InChI is InChI=1S/C18H30N2O3/c1-13(2)10-23-15-8-6-14(7-9-15)18(3,4)12-20-17(21)16(19)11-22-5/h6-9,13,16H,10-12,19H2,1-5H3,(H,20,21). The van der Waals surface area contributed by atoms with Crippen molar-refractivity contribution in [1.29, 1.82) is 0 Å². The first-order chi connectivity index (χ1) is 10.8. The lowest BCUT2D eigenvalue weighted by atomic mass is 9.84. The van der Waals surface area contributed by atoms with Gasteiger partial charge in [-0.1, -0.05) is 39.8 Å². The largest absolute Gasteiger partial charge is 0.493 e. The topological polar surface area (TPSA) is 73.6 Å². The van der Waals surface area contributed by atoms with Gasteiger partial charge >= 0.3 is 0 Å². The lowest BCUT2D eigenvalue weighted by Gasteiger charge is -2.26. The van der Waals surface area contributed by atoms with Crippen LogP contribution in [0.1, 0.15) is 33.3 Å². The second-order valence-corrected chi connectivity index (χ2v) is 6.89. The van der Waals surface area contributed by atoms with Crippen LogP contribution in [-0.4, -0.2) is 38.8 Å². The average Bonchev–Trinajstić information content (AvgIpc) is 2.51. The minimum atomic E-state index is -0.636. The Hall–Kier alpha value is -1.59. The Labute approximate surface area is 139 Å². The fourth-order valence-electron chi connectivity index (χ4n) is 2.06. The van der Waals surface area contributed by atoms with Crippen molar-refractivity contribution < 1.29 is 14.3 Å². The molecule has 0 heterocycles. The maximum atomic E-state index is 11.9. The summed E-state index contributed by atoms with van der Waals surface area (Å²) in [6.07, 6.45) is 0. The summed E-state index contributed by atoms with van der Waals surface area (Å²) < 4.78 is 10.6. The molecular weight excluding hydrogens is 292 g/mol. The fourth-order valence-corrected chi connectivity index (χ4v) is 2.06. The van der Waals surface area contributed by atoms with Crippen molar-refractivity contribution in [3.8, 4) is 5.75 Å². The number of methoxy groups -OCH3 is 1. The van der Waals surface area contributed by atoms with Gasteiger partial charge in [0.25, 0.3) is 0 Å². The predicted molar refractivity (Wildman–Crippen MR) is 92.7 cm³/mol. The molecule has 1 atom stereocenters. The lowest BCUT2D eigenvalue weighted by Crippen LogP contribution is -2.47. The highest BCUT2D eigenvalue weighted by atomic mass is 16.5. The van der Waals surface area contributed by atoms with Crippen molar-refractivity contribution >= 4 is 5.91 Å². The van der Waals surface area contributed by atoms with Gasteiger partial charge < -0.3 is 20.5 Å². The summed E-state index contributed by atoms with van der Waals surface area (Å²) in [4.78, 5) is 11.9. The summed E-state index contributed by atoms with van der Waals surface area (Å²) in [6, 6.07) is 7.38. The van der Waals surface area contributed by atoms with E-state index in [4.69, 9.17) is 15.2 Å². The number of benzene rings is 1. The third-order valence-corrected chi connectivity index (χ3v) is 3.61. The second-order valence-electron chi connectivity index (χ2n) is 6.89. The van der Waals surface area contributed by atoms with Gasteiger partial charge in [-0.25, -0.2) is 0 Å². The van der Waals surface area contributed by atoms with Gasteiger partial charge in [0.15, 0.2) is 0 Å². The summed E-state index contributed by atoms with van der Waals surface area (Å²) in [5, 5.41) is 2.89. The number of nitrogens with two attached hydrogens (primary N) is 1. The first-order valence-corrected chi connectivity index (χ1v) is 8.02. The third-order valence-electron chi connectivity index (χ3n) is 3.61. The highest BCUT2D eigenvalue weighted by molar-refractivity contribution is 5.81. The van der Waals surface area contributed by atoms with Gasteiger partial charge in [0.1, 0.15) is 11.8 Å². The van der Waals surface area contributed by atoms with E-state index in [0.717, 1.165) is 11.3 Å². The van der Waals surface area contributed by atoms with E-state index in [1.54, 1.807) is 0 Å². The highest BCUT2D eigenvalue weighted by Crippen LogP contribution is 2.24. The number of rotatable bonds is 9. The Morgan fingerprint density at radius 3 is 2.35 bits per heavy atom. The fraction of sp³-hybridized carbons (Fsp3) is 0.611. The van der Waals surface area contributed by atoms with Crippen molar-refractivity contribution in [1.82, 2.24) is 5.32 Å². The third kappa shape index (κ3) is 6.59. The van der Waals surface area contributed by atoms with E-state index in [-0.39, 0.29) is 17.9 Å². The molecule has 5 nitrogen and oxygen atoms in total. The van der Waals surface area contributed by atoms with Crippen LogP contribution in [0.4, 0.5) is 0 Å². The molecular formula is C18H30N2O3. The van der Waals surface area contributed by atoms with Gasteiger partial charge in [-0.2, -0.15) is 0 Å². The smallest absolute Gasteiger partial charge is 0.239 e. The molecule has 0 aromatic heterocycles. The van der Waals surface area contributed by atoms with Crippen LogP contribution in [0.15, 0.2) is 24.3 Å². The van der Waals surface area contributed by atoms with Crippen molar-refractivity contribution in [2.75, 3.05) is 26.9 Å². The number of ether oxygens (including phenoxy) is 2. The molecule has 1 unspecified atom stereocenters. The molecule has 0 aliphatic carbocycles. The maximum absolute atomic E-state index is 11.9. The van der Waals surface area contributed by atoms with Gasteiger partial charge in [-0.05, 0) is 23.6 Å². The molecule has 0 aliphatic heterocycles. The first-order valence-electron chi connectivity index (χ1n) is 8.02. The predicted octanol–water partition coefficient (Wildman–Crippen LogP) is 2.09. The summed E-state index contributed by atoms with van der Waals surface area (Å²) in [7, 11) is 1.53. The quantitative estimate of drug-likeness (QED) is 0.730. The van der Waals surface area contributed by atoms with Crippen LogP contribution in [0.5, 0.6) is 5.75 Å². The first kappa shape index (κ1) is 19.5. The average molecular weight is 322 g/mol. The molecule has 5 heteroatoms. The van der Waals surface area contributed by atoms with E-state index in [1.807, 2.05) is 24.3 Å². The highest BCUT2D eigenvalue weighted by Gasteiger charge is 2.23. The van der Waals surface area contributed by atoms with E-state index in [1.165, 1.54) is 7.11 Å². The Morgan fingerprint density at radius 2 is 1.83 bits per heavy atom. The number of amides is 1. The molecule has 0 fully saturated rings. The number of carbonyl (C=O) groups excluding carboxylic acids is 1. The van der Waals surface area contributed by atoms with Crippen molar-refractivity contribution in [2.24, 2.45) is 11.7 Å².